The van der Waals surface area contributed by atoms with Gasteiger partial charge in [-0.1, -0.05) is 190 Å². The minimum absolute atomic E-state index is 0.0810. The van der Waals surface area contributed by atoms with Gasteiger partial charge in [0.2, 0.25) is 0 Å². The van der Waals surface area contributed by atoms with Crippen LogP contribution in [0.5, 0.6) is 0 Å². The van der Waals surface area contributed by atoms with E-state index in [2.05, 4.69) is 183 Å². The highest BCUT2D eigenvalue weighted by atomic mass is 15.1. The number of benzene rings is 10. The van der Waals surface area contributed by atoms with Crippen LogP contribution < -0.4 is 9.80 Å². The summed E-state index contributed by atoms with van der Waals surface area (Å²) in [4.78, 5) is 4.27. The Hall–Kier alpha value is -8.20. The second-order valence-electron chi connectivity index (χ2n) is 18.0. The van der Waals surface area contributed by atoms with E-state index in [0.717, 1.165) is 72.7 Å². The predicted octanol–water partition coefficient (Wildman–Crippen LogP) is 16.9. The molecule has 0 N–H and O–H groups in total. The highest BCUT2D eigenvalue weighted by Gasteiger charge is 2.53. The van der Waals surface area contributed by atoms with Crippen LogP contribution in [-0.2, 0) is 10.8 Å². The topological polar surface area (TPSA) is 6.48 Å². The molecule has 1 atom stereocenters. The first-order valence-electron chi connectivity index (χ1n) is 25.2. The van der Waals surface area contributed by atoms with Gasteiger partial charge in [0.25, 0.3) is 0 Å². The first-order chi connectivity index (χ1) is 34.6. The van der Waals surface area contributed by atoms with Gasteiger partial charge >= 0.3 is 0 Å². The minimum atomic E-state index is -0.860. The molecule has 2 heteroatoms. The van der Waals surface area contributed by atoms with Gasteiger partial charge in [0.1, 0.15) is 0 Å². The number of hydrogen-bond acceptors (Lipinski definition) is 2. The number of para-hydroxylation sites is 3. The van der Waals surface area contributed by atoms with Crippen molar-refractivity contribution in [1.29, 1.82) is 0 Å². The second kappa shape index (κ2) is 14.7. The summed E-state index contributed by atoms with van der Waals surface area (Å²) in [6, 6.07) is 73.4. The van der Waals surface area contributed by atoms with Crippen LogP contribution >= 0.6 is 0 Å². The lowest BCUT2D eigenvalue weighted by Crippen LogP contribution is -2.27. The molecule has 10 aromatic carbocycles. The number of rotatable bonds is 7. The van der Waals surface area contributed by atoms with Crippen LogP contribution in [0.2, 0.25) is 0 Å². The van der Waals surface area contributed by atoms with Gasteiger partial charge in [-0.3, -0.25) is 0 Å². The molecular weight excluding hydrogens is 797 g/mol. The van der Waals surface area contributed by atoms with Gasteiger partial charge in [0.05, 0.1) is 18.0 Å². The molecule has 10 aromatic rings. The summed E-state index contributed by atoms with van der Waals surface area (Å²) in [5.41, 5.74) is 19.5. The van der Waals surface area contributed by atoms with E-state index in [1.54, 1.807) is 0 Å². The van der Waals surface area contributed by atoms with Crippen molar-refractivity contribution in [2.24, 2.45) is 0 Å². The highest BCUT2D eigenvalue weighted by Crippen LogP contribution is 2.66. The quantitative estimate of drug-likeness (QED) is 0.158. The van der Waals surface area contributed by atoms with Crippen molar-refractivity contribution < 1.29 is 6.85 Å². The Bertz CT molecular complexity index is 3770. The van der Waals surface area contributed by atoms with Crippen molar-refractivity contribution in [2.75, 3.05) is 9.80 Å². The normalized spacial score (nSPS) is 16.4. The third kappa shape index (κ3) is 5.42. The lowest BCUT2D eigenvalue weighted by Gasteiger charge is -2.36. The standard InChI is InChI=1S/C64H46N2/c1-63(2)55-32-18-15-29-49(55)52-37-35-47(41-58(52)63)65(44-23-9-4-10-24-44)48-36-38-53-50-30-16-19-33-56(50)64(59(53)42-48)57-34-20-17-31-51(57)54-39-40-60(61(62(54)64)43-21-7-3-8-22-43)66(45-25-11-5-12-26-45)46-27-13-6-14-28-46/h3-42H,1-2H3/i5D,11D,12D,25D,26D. The maximum Gasteiger partial charge on any atom is 0.0733 e. The molecule has 1 spiro atoms. The molecule has 0 heterocycles. The first kappa shape index (κ1) is 33.3. The Morgan fingerprint density at radius 3 is 1.42 bits per heavy atom. The molecule has 0 saturated heterocycles. The molecule has 0 saturated carbocycles. The van der Waals surface area contributed by atoms with Crippen molar-refractivity contribution >= 4 is 34.1 Å². The van der Waals surface area contributed by atoms with E-state index in [9.17, 15) is 2.74 Å². The highest BCUT2D eigenvalue weighted by molar-refractivity contribution is 6.04. The Balaban J connectivity index is 1.13. The summed E-state index contributed by atoms with van der Waals surface area (Å²) in [6.07, 6.45) is 0. The van der Waals surface area contributed by atoms with Crippen LogP contribution in [0.15, 0.2) is 243 Å². The van der Waals surface area contributed by atoms with E-state index in [-0.39, 0.29) is 35.3 Å². The molecule has 0 bridgehead atoms. The molecule has 2 nitrogen and oxygen atoms in total. The Morgan fingerprint density at radius 2 is 0.803 bits per heavy atom. The van der Waals surface area contributed by atoms with Crippen molar-refractivity contribution in [3.8, 4) is 44.5 Å². The predicted molar refractivity (Wildman–Crippen MR) is 275 cm³/mol. The van der Waals surface area contributed by atoms with Gasteiger partial charge in [-0.25, -0.2) is 0 Å². The molecule has 0 aromatic heterocycles. The monoisotopic (exact) mass is 847 g/mol. The van der Waals surface area contributed by atoms with Crippen LogP contribution in [0, 0.1) is 0 Å². The first-order valence-corrected chi connectivity index (χ1v) is 22.7. The molecule has 1 unspecified atom stereocenters. The van der Waals surface area contributed by atoms with Crippen molar-refractivity contribution in [1.82, 2.24) is 0 Å². The van der Waals surface area contributed by atoms with Crippen LogP contribution in [0.25, 0.3) is 44.5 Å². The van der Waals surface area contributed by atoms with Gasteiger partial charge in [-0.2, -0.15) is 0 Å². The summed E-state index contributed by atoms with van der Waals surface area (Å²) in [6.45, 7) is 4.66. The number of hydrogen-bond donors (Lipinski definition) is 0. The fourth-order valence-corrected chi connectivity index (χ4v) is 11.6. The van der Waals surface area contributed by atoms with Crippen molar-refractivity contribution in [3.63, 3.8) is 0 Å². The summed E-state index contributed by atoms with van der Waals surface area (Å²) >= 11 is 0. The zero-order valence-corrected chi connectivity index (χ0v) is 36.6. The molecule has 3 aliphatic carbocycles. The number of fused-ring (bicyclic) bond motifs is 13. The zero-order chi connectivity index (χ0) is 48.3. The van der Waals surface area contributed by atoms with Crippen LogP contribution in [0.4, 0.5) is 34.1 Å². The fraction of sp³-hybridized carbons (Fsp3) is 0.0625. The Labute approximate surface area is 394 Å². The Kier molecular flexibility index (Phi) is 7.41. The maximum absolute atomic E-state index is 9.44. The third-order valence-corrected chi connectivity index (χ3v) is 14.3. The van der Waals surface area contributed by atoms with Gasteiger partial charge in [-0.05, 0) is 139 Å². The SMILES string of the molecule is [2H]c1c([2H])c([2H])c(N(c2ccccc2)c2ccc3c(c2-c2ccccc2)C2(c4ccccc4-c4ccc(N(c5ccccc5)c5ccc6c(c5)C(C)(C)c5ccccc5-6)cc42)c2ccccc2-3)c([2H])c1[2H]. The van der Waals surface area contributed by atoms with Gasteiger partial charge in [-0.15, -0.1) is 0 Å². The Morgan fingerprint density at radius 1 is 0.348 bits per heavy atom. The molecule has 66 heavy (non-hydrogen) atoms. The van der Waals surface area contributed by atoms with E-state index in [0.29, 0.717) is 11.4 Å². The van der Waals surface area contributed by atoms with Crippen molar-refractivity contribution in [2.45, 2.75) is 24.7 Å². The number of anilines is 6. The molecular formula is C64H46N2. The van der Waals surface area contributed by atoms with Crippen molar-refractivity contribution in [3.05, 3.63) is 276 Å². The van der Waals surface area contributed by atoms with Gasteiger partial charge in [0, 0.05) is 39.4 Å². The summed E-state index contributed by atoms with van der Waals surface area (Å²) in [7, 11) is 0. The van der Waals surface area contributed by atoms with E-state index in [1.165, 1.54) is 22.3 Å². The van der Waals surface area contributed by atoms with Gasteiger partial charge < -0.3 is 9.80 Å². The van der Waals surface area contributed by atoms with Crippen LogP contribution in [0.3, 0.4) is 0 Å². The lowest BCUT2D eigenvalue weighted by molar-refractivity contribution is 0.660. The van der Waals surface area contributed by atoms with Crippen LogP contribution in [-0.4, -0.2) is 0 Å². The summed E-state index contributed by atoms with van der Waals surface area (Å²) in [5, 5.41) is 0. The molecule has 0 aliphatic heterocycles. The largest absolute Gasteiger partial charge is 0.310 e. The zero-order valence-electron chi connectivity index (χ0n) is 41.6. The summed E-state index contributed by atoms with van der Waals surface area (Å²) < 4.78 is 45.3. The molecule has 13 rings (SSSR count). The van der Waals surface area contributed by atoms with Crippen LogP contribution in [0.1, 0.15) is 54.1 Å². The average Bonchev–Trinajstić information content (AvgIpc) is 3.97. The average molecular weight is 848 g/mol. The maximum atomic E-state index is 9.44. The minimum Gasteiger partial charge on any atom is -0.310 e. The molecule has 3 aliphatic rings. The fourth-order valence-electron chi connectivity index (χ4n) is 11.6. The smallest absolute Gasteiger partial charge is 0.0733 e. The van der Waals surface area contributed by atoms with E-state index in [1.807, 2.05) is 53.4 Å². The van der Waals surface area contributed by atoms with E-state index < -0.39 is 11.5 Å². The van der Waals surface area contributed by atoms with E-state index in [4.69, 9.17) is 4.11 Å². The second-order valence-corrected chi connectivity index (χ2v) is 18.0. The van der Waals surface area contributed by atoms with E-state index >= 15 is 0 Å². The van der Waals surface area contributed by atoms with Gasteiger partial charge in [0.15, 0.2) is 0 Å². The lowest BCUT2D eigenvalue weighted by atomic mass is 9.68. The third-order valence-electron chi connectivity index (χ3n) is 14.3. The molecule has 312 valence electrons. The summed E-state index contributed by atoms with van der Waals surface area (Å²) in [5.74, 6) is 0. The molecule has 0 fully saturated rings. The molecule has 0 radical (unpaired) electrons. The molecule has 0 amide bonds. The number of nitrogens with zero attached hydrogens (tertiary/aromatic N) is 2.